The van der Waals surface area contributed by atoms with Crippen LogP contribution in [0.3, 0.4) is 0 Å². The Morgan fingerprint density at radius 2 is 2.36 bits per heavy atom. The predicted octanol–water partition coefficient (Wildman–Crippen LogP) is 2.29. The lowest BCUT2D eigenvalue weighted by Gasteiger charge is -2.03. The van der Waals surface area contributed by atoms with Gasteiger partial charge < -0.3 is 4.74 Å². The molecule has 0 bridgehead atoms. The lowest BCUT2D eigenvalue weighted by atomic mass is 10.2. The van der Waals surface area contributed by atoms with Crippen molar-refractivity contribution in [1.82, 2.24) is 4.98 Å². The smallest absolute Gasteiger partial charge is 0.137 e. The maximum absolute atomic E-state index is 5.03. The molecule has 3 heteroatoms. The summed E-state index contributed by atoms with van der Waals surface area (Å²) in [6, 6.07) is 1.98. The molecule has 0 aliphatic carbocycles. The lowest BCUT2D eigenvalue weighted by molar-refractivity contribution is 0.412. The molecule has 0 saturated carbocycles. The Labute approximate surface area is 74.7 Å². The second kappa shape index (κ2) is 3.72. The first-order valence-electron chi connectivity index (χ1n) is 3.33. The number of hydrogen-bond donors (Lipinski definition) is 0. The molecule has 0 amide bonds. The first kappa shape index (κ1) is 8.53. The lowest BCUT2D eigenvalue weighted by Crippen LogP contribution is -1.91. The molecule has 0 atom stereocenters. The Bertz CT molecular complexity index is 250. The summed E-state index contributed by atoms with van der Waals surface area (Å²) >= 11 is 3.38. The van der Waals surface area contributed by atoms with Crippen LogP contribution < -0.4 is 4.74 Å². The Balaban J connectivity index is 3.02. The highest BCUT2D eigenvalue weighted by molar-refractivity contribution is 9.08. The third-order valence-electron chi connectivity index (χ3n) is 1.55. The van der Waals surface area contributed by atoms with E-state index in [1.165, 1.54) is 5.56 Å². The fraction of sp³-hybridized carbons (Fsp3) is 0.375. The van der Waals surface area contributed by atoms with Crippen LogP contribution in [0.4, 0.5) is 0 Å². The van der Waals surface area contributed by atoms with Crippen LogP contribution >= 0.6 is 15.9 Å². The topological polar surface area (TPSA) is 22.1 Å². The number of ether oxygens (including phenoxy) is 1. The maximum atomic E-state index is 5.03. The minimum absolute atomic E-state index is 0.810. The van der Waals surface area contributed by atoms with Crippen molar-refractivity contribution in [1.29, 1.82) is 0 Å². The quantitative estimate of drug-likeness (QED) is 0.707. The van der Waals surface area contributed by atoms with E-state index >= 15 is 0 Å². The zero-order chi connectivity index (χ0) is 8.27. The highest BCUT2D eigenvalue weighted by Gasteiger charge is 1.99. The van der Waals surface area contributed by atoms with E-state index in [1.807, 2.05) is 13.0 Å². The highest BCUT2D eigenvalue weighted by Crippen LogP contribution is 2.16. The van der Waals surface area contributed by atoms with Gasteiger partial charge in [-0.05, 0) is 18.6 Å². The molecular formula is C8H10BrNO. The van der Waals surface area contributed by atoms with Crippen molar-refractivity contribution in [2.24, 2.45) is 0 Å². The number of aryl methyl sites for hydroxylation is 1. The monoisotopic (exact) mass is 215 g/mol. The van der Waals surface area contributed by atoms with E-state index in [9.17, 15) is 0 Å². The van der Waals surface area contributed by atoms with Gasteiger partial charge in [-0.3, -0.25) is 4.98 Å². The van der Waals surface area contributed by atoms with E-state index in [0.29, 0.717) is 0 Å². The normalized spacial score (nSPS) is 9.73. The molecule has 60 valence electrons. The zero-order valence-corrected chi connectivity index (χ0v) is 8.18. The van der Waals surface area contributed by atoms with Crippen LogP contribution in [0, 0.1) is 6.92 Å². The molecule has 0 unspecified atom stereocenters. The van der Waals surface area contributed by atoms with Crippen molar-refractivity contribution in [3.63, 3.8) is 0 Å². The van der Waals surface area contributed by atoms with Crippen molar-refractivity contribution in [2.45, 2.75) is 12.3 Å². The molecule has 0 spiro atoms. The van der Waals surface area contributed by atoms with Crippen LogP contribution in [0.25, 0.3) is 0 Å². The van der Waals surface area contributed by atoms with Crippen LogP contribution in [-0.2, 0) is 5.33 Å². The van der Waals surface area contributed by atoms with Gasteiger partial charge in [0.15, 0.2) is 0 Å². The number of halogens is 1. The SMILES string of the molecule is COc1cnc(C)c(CBr)c1. The average Bonchev–Trinajstić information content (AvgIpc) is 2.05. The summed E-state index contributed by atoms with van der Waals surface area (Å²) < 4.78 is 5.03. The van der Waals surface area contributed by atoms with Gasteiger partial charge in [-0.15, -0.1) is 0 Å². The number of hydrogen-bond acceptors (Lipinski definition) is 2. The van der Waals surface area contributed by atoms with Crippen molar-refractivity contribution < 1.29 is 4.74 Å². The number of aromatic nitrogens is 1. The minimum Gasteiger partial charge on any atom is -0.495 e. The van der Waals surface area contributed by atoms with Gasteiger partial charge in [0.2, 0.25) is 0 Å². The van der Waals surface area contributed by atoms with Gasteiger partial charge in [-0.1, -0.05) is 15.9 Å². The van der Waals surface area contributed by atoms with E-state index in [0.717, 1.165) is 16.8 Å². The van der Waals surface area contributed by atoms with E-state index in [2.05, 4.69) is 20.9 Å². The van der Waals surface area contributed by atoms with Gasteiger partial charge in [0.05, 0.1) is 13.3 Å². The molecule has 1 aromatic rings. The van der Waals surface area contributed by atoms with Crippen LogP contribution in [0.15, 0.2) is 12.3 Å². The standard InChI is InChI=1S/C8H10BrNO/c1-6-7(4-9)3-8(11-2)5-10-6/h3,5H,4H2,1-2H3. The molecule has 0 N–H and O–H groups in total. The Morgan fingerprint density at radius 3 is 2.91 bits per heavy atom. The van der Waals surface area contributed by atoms with Crippen molar-refractivity contribution in [2.75, 3.05) is 7.11 Å². The molecule has 0 aromatic carbocycles. The fourth-order valence-corrected chi connectivity index (χ4v) is 1.37. The number of nitrogens with zero attached hydrogens (tertiary/aromatic N) is 1. The molecule has 1 rings (SSSR count). The third kappa shape index (κ3) is 1.93. The Kier molecular flexibility index (Phi) is 2.88. The molecule has 1 aromatic heterocycles. The second-order valence-electron chi connectivity index (χ2n) is 2.25. The molecule has 0 aliphatic heterocycles. The van der Waals surface area contributed by atoms with Gasteiger partial charge in [0.25, 0.3) is 0 Å². The van der Waals surface area contributed by atoms with E-state index in [1.54, 1.807) is 13.3 Å². The first-order chi connectivity index (χ1) is 5.27. The molecule has 0 radical (unpaired) electrons. The molecule has 0 fully saturated rings. The molecule has 11 heavy (non-hydrogen) atoms. The number of methoxy groups -OCH3 is 1. The molecular weight excluding hydrogens is 206 g/mol. The number of alkyl halides is 1. The van der Waals surface area contributed by atoms with Crippen molar-refractivity contribution >= 4 is 15.9 Å². The highest BCUT2D eigenvalue weighted by atomic mass is 79.9. The summed E-state index contributed by atoms with van der Waals surface area (Å²) in [6.07, 6.45) is 1.72. The number of pyridine rings is 1. The summed E-state index contributed by atoms with van der Waals surface area (Å²) in [5.74, 6) is 0.810. The van der Waals surface area contributed by atoms with Gasteiger partial charge in [0.1, 0.15) is 5.75 Å². The molecule has 2 nitrogen and oxygen atoms in total. The summed E-state index contributed by atoms with van der Waals surface area (Å²) in [4.78, 5) is 4.17. The van der Waals surface area contributed by atoms with Crippen LogP contribution in [0.1, 0.15) is 11.3 Å². The predicted molar refractivity (Wildman–Crippen MR) is 48.2 cm³/mol. The second-order valence-corrected chi connectivity index (χ2v) is 2.81. The maximum Gasteiger partial charge on any atom is 0.137 e. The summed E-state index contributed by atoms with van der Waals surface area (Å²) in [6.45, 7) is 1.98. The minimum atomic E-state index is 0.810. The van der Waals surface area contributed by atoms with Crippen molar-refractivity contribution in [3.05, 3.63) is 23.5 Å². The van der Waals surface area contributed by atoms with E-state index < -0.39 is 0 Å². The van der Waals surface area contributed by atoms with Crippen LogP contribution in [-0.4, -0.2) is 12.1 Å². The van der Waals surface area contributed by atoms with Gasteiger partial charge in [-0.2, -0.15) is 0 Å². The number of rotatable bonds is 2. The van der Waals surface area contributed by atoms with Crippen LogP contribution in [0.5, 0.6) is 5.75 Å². The average molecular weight is 216 g/mol. The van der Waals surface area contributed by atoms with Gasteiger partial charge in [0, 0.05) is 11.0 Å². The van der Waals surface area contributed by atoms with E-state index in [4.69, 9.17) is 4.74 Å². The summed E-state index contributed by atoms with van der Waals surface area (Å²) in [5.41, 5.74) is 2.21. The van der Waals surface area contributed by atoms with Crippen LogP contribution in [0.2, 0.25) is 0 Å². The third-order valence-corrected chi connectivity index (χ3v) is 2.15. The van der Waals surface area contributed by atoms with Crippen molar-refractivity contribution in [3.8, 4) is 5.75 Å². The molecule has 1 heterocycles. The summed E-state index contributed by atoms with van der Waals surface area (Å²) in [7, 11) is 1.64. The van der Waals surface area contributed by atoms with E-state index in [-0.39, 0.29) is 0 Å². The Morgan fingerprint density at radius 1 is 1.64 bits per heavy atom. The largest absolute Gasteiger partial charge is 0.495 e. The zero-order valence-electron chi connectivity index (χ0n) is 6.60. The van der Waals surface area contributed by atoms with Gasteiger partial charge in [-0.25, -0.2) is 0 Å². The molecule has 0 aliphatic rings. The molecule has 0 saturated heterocycles. The fourth-order valence-electron chi connectivity index (χ4n) is 0.804. The van der Waals surface area contributed by atoms with Gasteiger partial charge >= 0.3 is 0 Å². The Hall–Kier alpha value is -0.570. The summed E-state index contributed by atoms with van der Waals surface area (Å²) in [5, 5.41) is 0.822. The first-order valence-corrected chi connectivity index (χ1v) is 4.45.